The fourth-order valence-electron chi connectivity index (χ4n) is 3.11. The highest BCUT2D eigenvalue weighted by Gasteiger charge is 2.39. The van der Waals surface area contributed by atoms with Crippen LogP contribution in [0.15, 0.2) is 12.3 Å². The number of piperazine rings is 1. The minimum Gasteiger partial charge on any atom is -0.450 e. The van der Waals surface area contributed by atoms with Crippen molar-refractivity contribution in [3.63, 3.8) is 0 Å². The topological polar surface area (TPSA) is 57.7 Å². The molecular weight excluding hydrogens is 409 g/mol. The Hall–Kier alpha value is -1.88. The fourth-order valence-corrected chi connectivity index (χ4v) is 4.14. The molecule has 3 heterocycles. The van der Waals surface area contributed by atoms with Gasteiger partial charge < -0.3 is 19.9 Å². The molecule has 1 fully saturated rings. The number of nitrogens with zero attached hydrogens (tertiary/aromatic N) is 3. The number of carbonyl (C=O) groups is 1. The molecule has 3 rings (SSSR count). The number of nitrogens with one attached hydrogen (secondary N) is 1. The zero-order valence-electron chi connectivity index (χ0n) is 16.0. The number of rotatable bonds is 3. The van der Waals surface area contributed by atoms with Crippen molar-refractivity contribution in [3.8, 4) is 0 Å². The SMILES string of the molecule is C[Si](C)(C)CCOC(=O)N1CCN2c3ncc(C(F)(F)F)cc3NC(=S)[C@H]2C1. The minimum absolute atomic E-state index is 0.238. The second kappa shape index (κ2) is 7.51. The van der Waals surface area contributed by atoms with Gasteiger partial charge in [-0.2, -0.15) is 13.2 Å². The van der Waals surface area contributed by atoms with Gasteiger partial charge in [0.15, 0.2) is 5.82 Å². The number of hydrogen-bond acceptors (Lipinski definition) is 5. The molecule has 0 saturated carbocycles. The molecule has 0 bridgehead atoms. The van der Waals surface area contributed by atoms with Crippen LogP contribution < -0.4 is 10.2 Å². The molecule has 1 N–H and O–H groups in total. The van der Waals surface area contributed by atoms with Gasteiger partial charge in [0.25, 0.3) is 0 Å². The third-order valence-electron chi connectivity index (χ3n) is 4.74. The Bertz CT molecular complexity index is 785. The van der Waals surface area contributed by atoms with Crippen LogP contribution in [-0.4, -0.2) is 61.3 Å². The van der Waals surface area contributed by atoms with Crippen molar-refractivity contribution >= 4 is 42.9 Å². The van der Waals surface area contributed by atoms with Gasteiger partial charge in [0.05, 0.1) is 30.4 Å². The molecule has 0 aliphatic carbocycles. The van der Waals surface area contributed by atoms with E-state index in [1.165, 1.54) is 0 Å². The minimum atomic E-state index is -4.47. The number of fused-ring (bicyclic) bond motifs is 3. The number of alkyl halides is 3. The van der Waals surface area contributed by atoms with E-state index in [4.69, 9.17) is 17.0 Å². The number of carbonyl (C=O) groups excluding carboxylic acids is 1. The highest BCUT2D eigenvalue weighted by molar-refractivity contribution is 7.80. The average molecular weight is 433 g/mol. The van der Waals surface area contributed by atoms with Crippen LogP contribution in [-0.2, 0) is 10.9 Å². The number of hydrogen-bond donors (Lipinski definition) is 1. The first-order chi connectivity index (χ1) is 13.0. The van der Waals surface area contributed by atoms with Crippen LogP contribution in [0.25, 0.3) is 0 Å². The quantitative estimate of drug-likeness (QED) is 0.579. The summed E-state index contributed by atoms with van der Waals surface area (Å²) in [6, 6.07) is 1.56. The van der Waals surface area contributed by atoms with Crippen molar-refractivity contribution in [2.24, 2.45) is 0 Å². The molecule has 1 saturated heterocycles. The van der Waals surface area contributed by atoms with E-state index in [2.05, 4.69) is 29.9 Å². The van der Waals surface area contributed by atoms with Gasteiger partial charge in [0.1, 0.15) is 4.99 Å². The Balaban J connectivity index is 1.69. The number of aromatic nitrogens is 1. The Kier molecular flexibility index (Phi) is 5.59. The monoisotopic (exact) mass is 432 g/mol. The normalized spacial score (nSPS) is 19.6. The Morgan fingerprint density at radius 1 is 1.39 bits per heavy atom. The van der Waals surface area contributed by atoms with Gasteiger partial charge in [-0.3, -0.25) is 0 Å². The molecule has 154 valence electrons. The average Bonchev–Trinajstić information content (AvgIpc) is 2.59. The van der Waals surface area contributed by atoms with E-state index in [0.717, 1.165) is 18.3 Å². The van der Waals surface area contributed by atoms with Crippen molar-refractivity contribution in [1.29, 1.82) is 0 Å². The Morgan fingerprint density at radius 3 is 2.75 bits per heavy atom. The van der Waals surface area contributed by atoms with Gasteiger partial charge in [-0.05, 0) is 12.1 Å². The van der Waals surface area contributed by atoms with Crippen LogP contribution in [0.3, 0.4) is 0 Å². The predicted molar refractivity (Wildman–Crippen MR) is 108 cm³/mol. The van der Waals surface area contributed by atoms with Crippen LogP contribution in [0, 0.1) is 0 Å². The van der Waals surface area contributed by atoms with E-state index in [1.54, 1.807) is 4.90 Å². The summed E-state index contributed by atoms with van der Waals surface area (Å²) in [5, 5.41) is 2.85. The molecule has 0 unspecified atom stereocenters. The van der Waals surface area contributed by atoms with E-state index in [0.29, 0.717) is 37.0 Å². The predicted octanol–water partition coefficient (Wildman–Crippen LogP) is 3.82. The summed E-state index contributed by atoms with van der Waals surface area (Å²) in [6.07, 6.45) is -4.03. The van der Waals surface area contributed by atoms with Crippen LogP contribution in [0.5, 0.6) is 0 Å². The van der Waals surface area contributed by atoms with E-state index >= 15 is 0 Å². The van der Waals surface area contributed by atoms with Crippen molar-refractivity contribution < 1.29 is 22.7 Å². The summed E-state index contributed by atoms with van der Waals surface area (Å²) in [6.45, 7) is 8.14. The zero-order valence-corrected chi connectivity index (χ0v) is 17.8. The second-order valence-corrected chi connectivity index (χ2v) is 14.2. The molecule has 0 spiro atoms. The van der Waals surface area contributed by atoms with Crippen molar-refractivity contribution in [2.45, 2.75) is 37.9 Å². The summed E-state index contributed by atoms with van der Waals surface area (Å²) < 4.78 is 44.2. The van der Waals surface area contributed by atoms with Crippen molar-refractivity contribution in [2.75, 3.05) is 36.5 Å². The van der Waals surface area contributed by atoms with Crippen molar-refractivity contribution in [1.82, 2.24) is 9.88 Å². The first kappa shape index (κ1) is 20.8. The maximum absolute atomic E-state index is 12.9. The molecule has 1 atom stereocenters. The molecule has 1 aromatic rings. The fraction of sp³-hybridized carbons (Fsp3) is 0.588. The maximum Gasteiger partial charge on any atom is 0.417 e. The van der Waals surface area contributed by atoms with Gasteiger partial charge in [0, 0.05) is 27.4 Å². The first-order valence-corrected chi connectivity index (χ1v) is 13.1. The van der Waals surface area contributed by atoms with E-state index in [-0.39, 0.29) is 17.8 Å². The van der Waals surface area contributed by atoms with Crippen LogP contribution in [0.4, 0.5) is 29.5 Å². The molecule has 0 aromatic carbocycles. The second-order valence-electron chi connectivity index (χ2n) is 8.16. The summed E-state index contributed by atoms with van der Waals surface area (Å²) in [5.74, 6) is 0.415. The highest BCUT2D eigenvalue weighted by atomic mass is 32.1. The van der Waals surface area contributed by atoms with Crippen molar-refractivity contribution in [3.05, 3.63) is 17.8 Å². The molecule has 2 aliphatic heterocycles. The van der Waals surface area contributed by atoms with Crippen LogP contribution in [0.1, 0.15) is 5.56 Å². The third-order valence-corrected chi connectivity index (χ3v) is 6.82. The number of thiocarbonyl (C=S) groups is 1. The third kappa shape index (κ3) is 4.57. The summed E-state index contributed by atoms with van der Waals surface area (Å²) in [5.41, 5.74) is -0.591. The zero-order chi connectivity index (χ0) is 20.7. The molecule has 2 aliphatic rings. The highest BCUT2D eigenvalue weighted by Crippen LogP contribution is 2.37. The maximum atomic E-state index is 12.9. The van der Waals surface area contributed by atoms with E-state index in [1.807, 2.05) is 4.90 Å². The van der Waals surface area contributed by atoms with Gasteiger partial charge in [-0.1, -0.05) is 31.9 Å². The van der Waals surface area contributed by atoms with Crippen LogP contribution in [0.2, 0.25) is 25.7 Å². The lowest BCUT2D eigenvalue weighted by Gasteiger charge is -2.45. The molecule has 6 nitrogen and oxygen atoms in total. The summed E-state index contributed by atoms with van der Waals surface area (Å²) in [4.78, 5) is 20.2. The van der Waals surface area contributed by atoms with E-state index in [9.17, 15) is 18.0 Å². The standard InChI is InChI=1S/C17H23F3N4O2SSi/c1-28(2,3)7-6-26-16(25)23-4-5-24-13(10-23)15(27)22-12-8-11(17(18,19)20)9-21-14(12)24/h8-9,13H,4-7,10H2,1-3H3,(H,22,27)/t13-/m1/s1. The van der Waals surface area contributed by atoms with Gasteiger partial charge >= 0.3 is 12.3 Å². The Labute approximate surface area is 168 Å². The summed E-state index contributed by atoms with van der Waals surface area (Å²) in [7, 11) is -1.29. The number of anilines is 2. The molecule has 11 heteroatoms. The lowest BCUT2D eigenvalue weighted by molar-refractivity contribution is -0.137. The Morgan fingerprint density at radius 2 is 2.11 bits per heavy atom. The molecule has 1 aromatic heterocycles. The molecular formula is C17H23F3N4O2SSi. The van der Waals surface area contributed by atoms with Gasteiger partial charge in [-0.15, -0.1) is 0 Å². The first-order valence-electron chi connectivity index (χ1n) is 9.02. The van der Waals surface area contributed by atoms with Gasteiger partial charge in [0.2, 0.25) is 0 Å². The molecule has 28 heavy (non-hydrogen) atoms. The summed E-state index contributed by atoms with van der Waals surface area (Å²) >= 11 is 5.36. The smallest absolute Gasteiger partial charge is 0.417 e. The molecule has 1 amide bonds. The van der Waals surface area contributed by atoms with Gasteiger partial charge in [-0.25, -0.2) is 9.78 Å². The lowest BCUT2D eigenvalue weighted by Crippen LogP contribution is -2.61. The lowest BCUT2D eigenvalue weighted by atomic mass is 10.1. The van der Waals surface area contributed by atoms with E-state index < -0.39 is 19.8 Å². The van der Waals surface area contributed by atoms with Crippen LogP contribution >= 0.6 is 12.2 Å². The number of pyridine rings is 1. The largest absolute Gasteiger partial charge is 0.450 e. The molecule has 0 radical (unpaired) electrons. The number of amides is 1. The number of halogens is 3. The number of ether oxygens (including phenoxy) is 1.